The molecule has 0 spiro atoms. The van der Waals surface area contributed by atoms with E-state index in [0.717, 1.165) is 32.4 Å². The summed E-state index contributed by atoms with van der Waals surface area (Å²) >= 11 is 7.19. The fourth-order valence-electron chi connectivity index (χ4n) is 3.86. The van der Waals surface area contributed by atoms with Gasteiger partial charge in [-0.3, -0.25) is 0 Å². The van der Waals surface area contributed by atoms with Crippen molar-refractivity contribution in [1.82, 2.24) is 5.01 Å². The van der Waals surface area contributed by atoms with Crippen LogP contribution in [0.4, 0.5) is 0 Å². The number of rotatable bonds is 2. The number of hydrogen-bond acceptors (Lipinski definition) is 3. The van der Waals surface area contributed by atoms with E-state index in [9.17, 15) is 0 Å². The van der Waals surface area contributed by atoms with Crippen molar-refractivity contribution in [3.8, 4) is 5.75 Å². The molecule has 0 unspecified atom stereocenters. The zero-order valence-corrected chi connectivity index (χ0v) is 18.4. The predicted octanol–water partition coefficient (Wildman–Crippen LogP) is 6.76. The molecule has 5 heteroatoms. The highest BCUT2D eigenvalue weighted by atomic mass is 79.9. The topological polar surface area (TPSA) is 24.8 Å². The summed E-state index contributed by atoms with van der Waals surface area (Å²) in [6, 6.07) is 23.2. The number of hydrazone groups is 1. The molecule has 0 N–H and O–H groups in total. The molecule has 5 rings (SSSR count). The van der Waals surface area contributed by atoms with Gasteiger partial charge in [0.25, 0.3) is 0 Å². The van der Waals surface area contributed by atoms with E-state index in [-0.39, 0.29) is 12.3 Å². The van der Waals surface area contributed by atoms with Gasteiger partial charge in [-0.2, -0.15) is 5.10 Å². The average Bonchev–Trinajstić information content (AvgIpc) is 3.14. The fraction of sp³-hybridized carbons (Fsp3) is 0.174. The Morgan fingerprint density at radius 3 is 2.54 bits per heavy atom. The largest absolute Gasteiger partial charge is 0.464 e. The van der Waals surface area contributed by atoms with E-state index >= 15 is 0 Å². The SMILES string of the molecule is Cc1ccc(C2=NN3[C@H](C2)c2cc(Br)ccc2O[C@H]3c2cccc(Br)c2)cc1. The number of fused-ring (bicyclic) bond motifs is 3. The van der Waals surface area contributed by atoms with Crippen molar-refractivity contribution in [3.05, 3.63) is 97.9 Å². The van der Waals surface area contributed by atoms with Gasteiger partial charge in [-0.25, -0.2) is 5.01 Å². The normalized spacial score (nSPS) is 20.2. The first kappa shape index (κ1) is 18.0. The molecule has 3 aromatic carbocycles. The molecule has 0 saturated carbocycles. The Hall–Kier alpha value is -2.11. The Kier molecular flexibility index (Phi) is 4.52. The first-order valence-corrected chi connectivity index (χ1v) is 10.8. The van der Waals surface area contributed by atoms with Gasteiger partial charge in [0.1, 0.15) is 5.75 Å². The lowest BCUT2D eigenvalue weighted by Gasteiger charge is -2.38. The van der Waals surface area contributed by atoms with Gasteiger partial charge in [-0.1, -0.05) is 73.8 Å². The van der Waals surface area contributed by atoms with Crippen molar-refractivity contribution < 1.29 is 4.74 Å². The van der Waals surface area contributed by atoms with Crippen LogP contribution in [0, 0.1) is 6.92 Å². The molecule has 2 aliphatic rings. The van der Waals surface area contributed by atoms with Gasteiger partial charge in [-0.15, -0.1) is 0 Å². The highest BCUT2D eigenvalue weighted by Crippen LogP contribution is 2.48. The standard InChI is InChI=1S/C23H18Br2N2O/c1-14-5-7-15(8-6-14)20-13-21-19-12-18(25)9-10-22(19)28-23(27(21)26-20)16-3-2-4-17(24)11-16/h2-12,21,23H,13H2,1H3/t21-,23+/m1/s1. The molecule has 0 aliphatic carbocycles. The van der Waals surface area contributed by atoms with Gasteiger partial charge in [-0.05, 0) is 42.8 Å². The summed E-state index contributed by atoms with van der Waals surface area (Å²) in [5, 5.41) is 7.14. The minimum absolute atomic E-state index is 0.154. The molecular formula is C23H18Br2N2O. The van der Waals surface area contributed by atoms with Crippen molar-refractivity contribution >= 4 is 37.6 Å². The summed E-state index contributed by atoms with van der Waals surface area (Å²) in [6.45, 7) is 2.11. The third-order valence-corrected chi connectivity index (χ3v) is 6.26. The van der Waals surface area contributed by atoms with Crippen molar-refractivity contribution in [2.45, 2.75) is 25.6 Å². The summed E-state index contributed by atoms with van der Waals surface area (Å²) in [5.41, 5.74) is 5.78. The second kappa shape index (κ2) is 7.05. The van der Waals surface area contributed by atoms with Crippen LogP contribution in [0.15, 0.2) is 80.8 Å². The zero-order valence-electron chi connectivity index (χ0n) is 15.3. The highest BCUT2D eigenvalue weighted by molar-refractivity contribution is 9.10. The monoisotopic (exact) mass is 496 g/mol. The van der Waals surface area contributed by atoms with Gasteiger partial charge < -0.3 is 4.74 Å². The molecule has 3 aromatic rings. The molecule has 2 heterocycles. The molecule has 0 radical (unpaired) electrons. The number of benzene rings is 3. The van der Waals surface area contributed by atoms with Crippen LogP contribution in [0.1, 0.15) is 40.9 Å². The Labute approximate surface area is 181 Å². The minimum atomic E-state index is -0.251. The zero-order chi connectivity index (χ0) is 19.3. The molecular weight excluding hydrogens is 480 g/mol. The van der Waals surface area contributed by atoms with Gasteiger partial charge in [0, 0.05) is 26.5 Å². The summed E-state index contributed by atoms with van der Waals surface area (Å²) < 4.78 is 8.51. The number of hydrogen-bond donors (Lipinski definition) is 0. The number of nitrogens with zero attached hydrogens (tertiary/aromatic N) is 2. The van der Waals surface area contributed by atoms with Crippen molar-refractivity contribution in [3.63, 3.8) is 0 Å². The number of ether oxygens (including phenoxy) is 1. The van der Waals surface area contributed by atoms with Crippen LogP contribution in [-0.2, 0) is 0 Å². The first-order valence-electron chi connectivity index (χ1n) is 9.23. The molecule has 0 amide bonds. The summed E-state index contributed by atoms with van der Waals surface area (Å²) in [6.07, 6.45) is 0.611. The molecule has 2 atom stereocenters. The van der Waals surface area contributed by atoms with Crippen LogP contribution in [-0.4, -0.2) is 10.7 Å². The van der Waals surface area contributed by atoms with E-state index in [1.165, 1.54) is 16.7 Å². The maximum absolute atomic E-state index is 6.42. The van der Waals surface area contributed by atoms with Gasteiger partial charge in [0.2, 0.25) is 6.23 Å². The second-order valence-corrected chi connectivity index (χ2v) is 9.05. The number of halogens is 2. The molecule has 3 nitrogen and oxygen atoms in total. The van der Waals surface area contributed by atoms with Gasteiger partial charge >= 0.3 is 0 Å². The summed E-state index contributed by atoms with van der Waals surface area (Å²) in [4.78, 5) is 0. The summed E-state index contributed by atoms with van der Waals surface area (Å²) in [7, 11) is 0. The smallest absolute Gasteiger partial charge is 0.213 e. The molecule has 2 aliphatic heterocycles. The van der Waals surface area contributed by atoms with E-state index in [2.05, 4.69) is 86.3 Å². The Morgan fingerprint density at radius 2 is 1.75 bits per heavy atom. The van der Waals surface area contributed by atoms with Gasteiger partial charge in [0.05, 0.1) is 11.8 Å². The lowest BCUT2D eigenvalue weighted by molar-refractivity contribution is -0.0191. The van der Waals surface area contributed by atoms with E-state index in [0.29, 0.717) is 0 Å². The quantitative estimate of drug-likeness (QED) is 0.390. The van der Waals surface area contributed by atoms with Gasteiger partial charge in [0.15, 0.2) is 0 Å². The molecule has 0 bridgehead atoms. The second-order valence-electron chi connectivity index (χ2n) is 7.22. The van der Waals surface area contributed by atoms with Crippen molar-refractivity contribution in [2.24, 2.45) is 5.10 Å². The fourth-order valence-corrected chi connectivity index (χ4v) is 4.65. The maximum atomic E-state index is 6.42. The van der Waals surface area contributed by atoms with E-state index in [1.54, 1.807) is 0 Å². The Bertz CT molecular complexity index is 1080. The maximum Gasteiger partial charge on any atom is 0.213 e. The van der Waals surface area contributed by atoms with Crippen molar-refractivity contribution in [2.75, 3.05) is 0 Å². The third-order valence-electron chi connectivity index (χ3n) is 5.27. The first-order chi connectivity index (χ1) is 13.6. The van der Waals surface area contributed by atoms with E-state index in [4.69, 9.17) is 9.84 Å². The van der Waals surface area contributed by atoms with E-state index in [1.807, 2.05) is 24.3 Å². The molecule has 0 aromatic heterocycles. The van der Waals surface area contributed by atoms with Crippen LogP contribution in [0.2, 0.25) is 0 Å². The van der Waals surface area contributed by atoms with Crippen LogP contribution >= 0.6 is 31.9 Å². The lowest BCUT2D eigenvalue weighted by Crippen LogP contribution is -2.33. The Morgan fingerprint density at radius 1 is 0.964 bits per heavy atom. The molecule has 140 valence electrons. The summed E-state index contributed by atoms with van der Waals surface area (Å²) in [5.74, 6) is 0.926. The predicted molar refractivity (Wildman–Crippen MR) is 119 cm³/mol. The van der Waals surface area contributed by atoms with Crippen LogP contribution in [0.25, 0.3) is 0 Å². The number of aryl methyl sites for hydroxylation is 1. The van der Waals surface area contributed by atoms with E-state index < -0.39 is 0 Å². The highest BCUT2D eigenvalue weighted by Gasteiger charge is 2.41. The Balaban J connectivity index is 1.61. The van der Waals surface area contributed by atoms with Crippen molar-refractivity contribution in [1.29, 1.82) is 0 Å². The van der Waals surface area contributed by atoms with Crippen LogP contribution in [0.3, 0.4) is 0 Å². The minimum Gasteiger partial charge on any atom is -0.464 e. The lowest BCUT2D eigenvalue weighted by atomic mass is 9.95. The third kappa shape index (κ3) is 3.16. The molecule has 0 saturated heterocycles. The van der Waals surface area contributed by atoms with Crippen LogP contribution in [0.5, 0.6) is 5.75 Å². The average molecular weight is 498 g/mol. The van der Waals surface area contributed by atoms with Crippen LogP contribution < -0.4 is 4.74 Å². The molecule has 28 heavy (non-hydrogen) atoms. The molecule has 0 fully saturated rings.